The number of aliphatic carboxylic acids is 1. The van der Waals surface area contributed by atoms with E-state index >= 15 is 0 Å². The molecule has 0 bridgehead atoms. The number of rotatable bonds is 3. The van der Waals surface area contributed by atoms with Crippen molar-refractivity contribution in [1.82, 2.24) is 4.90 Å². The molecule has 0 saturated carbocycles. The zero-order chi connectivity index (χ0) is 13.1. The first-order valence-electron chi connectivity index (χ1n) is 5.62. The van der Waals surface area contributed by atoms with Crippen LogP contribution in [0.15, 0.2) is 18.2 Å². The van der Waals surface area contributed by atoms with E-state index in [4.69, 9.17) is 9.84 Å². The van der Waals surface area contributed by atoms with Crippen molar-refractivity contribution in [3.8, 4) is 5.75 Å². The average Bonchev–Trinajstić information content (AvgIpc) is 2.35. The van der Waals surface area contributed by atoms with Gasteiger partial charge in [-0.05, 0) is 17.7 Å². The summed E-state index contributed by atoms with van der Waals surface area (Å²) in [5.74, 6) is -2.33. The van der Waals surface area contributed by atoms with Crippen molar-refractivity contribution in [2.24, 2.45) is 0 Å². The molecular weight excluding hydrogens is 241 g/mol. The highest BCUT2D eigenvalue weighted by molar-refractivity contribution is 5.75. The molecule has 0 amide bonds. The second-order valence-electron chi connectivity index (χ2n) is 4.10. The van der Waals surface area contributed by atoms with Crippen molar-refractivity contribution in [1.29, 1.82) is 0 Å². The zero-order valence-electron chi connectivity index (χ0n) is 9.67. The number of morpholine rings is 1. The first-order chi connectivity index (χ1) is 8.59. The average molecular weight is 255 g/mol. The second-order valence-corrected chi connectivity index (χ2v) is 4.10. The third kappa shape index (κ3) is 2.60. The van der Waals surface area contributed by atoms with Crippen LogP contribution in [0.3, 0.4) is 0 Å². The number of hydrogen-bond acceptors (Lipinski definition) is 4. The van der Waals surface area contributed by atoms with Crippen molar-refractivity contribution in [3.63, 3.8) is 0 Å². The topological polar surface area (TPSA) is 70.0 Å². The van der Waals surface area contributed by atoms with E-state index in [1.165, 1.54) is 12.1 Å². The fourth-order valence-electron chi connectivity index (χ4n) is 2.04. The fourth-order valence-corrected chi connectivity index (χ4v) is 2.04. The largest absolute Gasteiger partial charge is 0.505 e. The van der Waals surface area contributed by atoms with Gasteiger partial charge in [-0.15, -0.1) is 0 Å². The summed E-state index contributed by atoms with van der Waals surface area (Å²) in [6.07, 6.45) is 0. The summed E-state index contributed by atoms with van der Waals surface area (Å²) in [5.41, 5.74) is 0.319. The predicted octanol–water partition coefficient (Wildman–Crippen LogP) is 0.989. The number of carboxylic acids is 1. The highest BCUT2D eigenvalue weighted by Crippen LogP contribution is 2.26. The van der Waals surface area contributed by atoms with Crippen LogP contribution in [-0.2, 0) is 9.53 Å². The molecular formula is C12H14FNO4. The van der Waals surface area contributed by atoms with E-state index in [9.17, 15) is 14.3 Å². The molecule has 1 unspecified atom stereocenters. The Morgan fingerprint density at radius 1 is 1.39 bits per heavy atom. The number of carboxylic acid groups (broad SMARTS) is 1. The molecule has 2 rings (SSSR count). The Bertz CT molecular complexity index is 446. The van der Waals surface area contributed by atoms with Gasteiger partial charge in [0.05, 0.1) is 13.2 Å². The maximum Gasteiger partial charge on any atom is 0.325 e. The maximum absolute atomic E-state index is 13.3. The lowest BCUT2D eigenvalue weighted by Crippen LogP contribution is -2.42. The highest BCUT2D eigenvalue weighted by Gasteiger charge is 2.29. The van der Waals surface area contributed by atoms with Gasteiger partial charge < -0.3 is 14.9 Å². The predicted molar refractivity (Wildman–Crippen MR) is 60.8 cm³/mol. The number of phenolic OH excluding ortho intramolecular Hbond substituents is 1. The Morgan fingerprint density at radius 2 is 2.06 bits per heavy atom. The van der Waals surface area contributed by atoms with Crippen molar-refractivity contribution in [2.45, 2.75) is 6.04 Å². The third-order valence-corrected chi connectivity index (χ3v) is 2.93. The molecule has 1 atom stereocenters. The molecule has 0 aliphatic carbocycles. The Morgan fingerprint density at radius 3 is 2.61 bits per heavy atom. The fraction of sp³-hybridized carbons (Fsp3) is 0.417. The van der Waals surface area contributed by atoms with Crippen LogP contribution < -0.4 is 0 Å². The van der Waals surface area contributed by atoms with E-state index in [-0.39, 0.29) is 0 Å². The summed E-state index contributed by atoms with van der Waals surface area (Å²) < 4.78 is 18.4. The Hall–Kier alpha value is -1.66. The number of carbonyl (C=O) groups is 1. The molecule has 6 heteroatoms. The smallest absolute Gasteiger partial charge is 0.325 e. The highest BCUT2D eigenvalue weighted by atomic mass is 19.1. The lowest BCUT2D eigenvalue weighted by Gasteiger charge is -2.32. The molecule has 5 nitrogen and oxygen atoms in total. The summed E-state index contributed by atoms with van der Waals surface area (Å²) >= 11 is 0. The molecule has 1 aliphatic heterocycles. The van der Waals surface area contributed by atoms with Crippen LogP contribution in [0.2, 0.25) is 0 Å². The monoisotopic (exact) mass is 255 g/mol. The first kappa shape index (κ1) is 12.8. The molecule has 1 heterocycles. The summed E-state index contributed by atoms with van der Waals surface area (Å²) in [6, 6.07) is 2.74. The molecule has 0 spiro atoms. The molecule has 1 aromatic rings. The van der Waals surface area contributed by atoms with E-state index in [0.29, 0.717) is 31.9 Å². The van der Waals surface area contributed by atoms with E-state index in [2.05, 4.69) is 0 Å². The van der Waals surface area contributed by atoms with Gasteiger partial charge in [-0.25, -0.2) is 4.39 Å². The minimum absolute atomic E-state index is 0.319. The molecule has 1 aliphatic rings. The molecule has 2 N–H and O–H groups in total. The molecule has 1 saturated heterocycles. The van der Waals surface area contributed by atoms with E-state index in [0.717, 1.165) is 6.07 Å². The second kappa shape index (κ2) is 5.32. The summed E-state index contributed by atoms with van der Waals surface area (Å²) in [6.45, 7) is 1.90. The lowest BCUT2D eigenvalue weighted by atomic mass is 10.0. The maximum atomic E-state index is 13.3. The zero-order valence-corrected chi connectivity index (χ0v) is 9.67. The van der Waals surface area contributed by atoms with Gasteiger partial charge in [0, 0.05) is 13.1 Å². The quantitative estimate of drug-likeness (QED) is 0.842. The normalized spacial score (nSPS) is 18.5. The third-order valence-electron chi connectivity index (χ3n) is 2.93. The van der Waals surface area contributed by atoms with Crippen molar-refractivity contribution < 1.29 is 24.1 Å². The molecule has 1 aromatic carbocycles. The number of nitrogens with zero attached hydrogens (tertiary/aromatic N) is 1. The van der Waals surface area contributed by atoms with Gasteiger partial charge in [-0.3, -0.25) is 9.69 Å². The number of hydrogen-bond donors (Lipinski definition) is 2. The summed E-state index contributed by atoms with van der Waals surface area (Å²) in [4.78, 5) is 13.0. The molecule has 18 heavy (non-hydrogen) atoms. The van der Waals surface area contributed by atoms with Gasteiger partial charge in [0.2, 0.25) is 0 Å². The number of ether oxygens (including phenoxy) is 1. The Kier molecular flexibility index (Phi) is 3.78. The van der Waals surface area contributed by atoms with Gasteiger partial charge in [0.15, 0.2) is 11.6 Å². The van der Waals surface area contributed by atoms with Crippen LogP contribution in [0.5, 0.6) is 5.75 Å². The molecule has 0 aromatic heterocycles. The van der Waals surface area contributed by atoms with Crippen molar-refractivity contribution in [3.05, 3.63) is 29.6 Å². The van der Waals surface area contributed by atoms with Gasteiger partial charge in [-0.1, -0.05) is 6.07 Å². The molecule has 1 fully saturated rings. The minimum atomic E-state index is -1.04. The lowest BCUT2D eigenvalue weighted by molar-refractivity contribution is -0.145. The van der Waals surface area contributed by atoms with E-state index < -0.39 is 23.6 Å². The van der Waals surface area contributed by atoms with Gasteiger partial charge in [-0.2, -0.15) is 0 Å². The van der Waals surface area contributed by atoms with Gasteiger partial charge in [0.25, 0.3) is 0 Å². The van der Waals surface area contributed by atoms with Crippen LogP contribution >= 0.6 is 0 Å². The number of aromatic hydroxyl groups is 1. The Balaban J connectivity index is 2.28. The van der Waals surface area contributed by atoms with Crippen LogP contribution in [0, 0.1) is 5.82 Å². The number of benzene rings is 1. The minimum Gasteiger partial charge on any atom is -0.505 e. The van der Waals surface area contributed by atoms with Gasteiger partial charge >= 0.3 is 5.97 Å². The van der Waals surface area contributed by atoms with Crippen LogP contribution in [0.1, 0.15) is 11.6 Å². The van der Waals surface area contributed by atoms with Crippen LogP contribution in [-0.4, -0.2) is 47.4 Å². The van der Waals surface area contributed by atoms with Crippen molar-refractivity contribution in [2.75, 3.05) is 26.3 Å². The van der Waals surface area contributed by atoms with Crippen LogP contribution in [0.4, 0.5) is 4.39 Å². The molecule has 0 radical (unpaired) electrons. The SMILES string of the molecule is O=C(O)C(c1ccc(O)c(F)c1)N1CCOCC1. The van der Waals surface area contributed by atoms with Gasteiger partial charge in [0.1, 0.15) is 6.04 Å². The Labute approximate surface area is 103 Å². The first-order valence-corrected chi connectivity index (χ1v) is 5.62. The summed E-state index contributed by atoms with van der Waals surface area (Å²) in [5, 5.41) is 18.4. The number of halogens is 1. The molecule has 98 valence electrons. The van der Waals surface area contributed by atoms with Crippen molar-refractivity contribution >= 4 is 5.97 Å². The van der Waals surface area contributed by atoms with E-state index in [1.807, 2.05) is 0 Å². The van der Waals surface area contributed by atoms with Crippen LogP contribution in [0.25, 0.3) is 0 Å². The number of phenols is 1. The van der Waals surface area contributed by atoms with E-state index in [1.54, 1.807) is 4.90 Å². The standard InChI is InChI=1S/C12H14FNO4/c13-9-7-8(1-2-10(9)15)11(12(16)17)14-3-5-18-6-4-14/h1-2,7,11,15H,3-6H2,(H,16,17). The summed E-state index contributed by atoms with van der Waals surface area (Å²) in [7, 11) is 0.